The lowest BCUT2D eigenvalue weighted by atomic mass is 9.90. The molecule has 3 N–H and O–H groups in total. The zero-order valence-electron chi connectivity index (χ0n) is 14.2. The fraction of sp³-hybridized carbons (Fsp3) is 0.588. The molecule has 0 bridgehead atoms. The zero-order valence-corrected chi connectivity index (χ0v) is 14.2. The maximum Gasteiger partial charge on any atom is 0.573 e. The lowest BCUT2D eigenvalue weighted by Crippen LogP contribution is -2.52. The zero-order chi connectivity index (χ0) is 18.4. The second kappa shape index (κ2) is 8.37. The number of ether oxygens (including phenoxy) is 1. The second-order valence-electron chi connectivity index (χ2n) is 6.57. The first-order valence-electron chi connectivity index (χ1n) is 7.89. The minimum absolute atomic E-state index is 0.0614. The summed E-state index contributed by atoms with van der Waals surface area (Å²) in [5, 5.41) is 2.89. The molecule has 0 aliphatic heterocycles. The molecule has 0 spiro atoms. The number of para-hydroxylation sites is 1. The van der Waals surface area contributed by atoms with Crippen LogP contribution in [0.2, 0.25) is 0 Å². The van der Waals surface area contributed by atoms with Gasteiger partial charge < -0.3 is 15.8 Å². The molecular weight excluding hydrogens is 321 g/mol. The predicted octanol–water partition coefficient (Wildman–Crippen LogP) is 3.40. The average molecular weight is 346 g/mol. The Hall–Kier alpha value is -1.76. The minimum atomic E-state index is -4.76. The first kappa shape index (κ1) is 20.3. The third-order valence-electron chi connectivity index (χ3n) is 3.57. The van der Waals surface area contributed by atoms with Crippen molar-refractivity contribution < 1.29 is 22.7 Å². The standard InChI is InChI=1S/C17H25F3N2O2/c1-12(2)10-16(3,11-21)22-15(23)9-8-13-6-4-5-7-14(13)24-17(18,19)20/h4-7,12H,8-11,21H2,1-3H3,(H,22,23). The quantitative estimate of drug-likeness (QED) is 0.758. The summed E-state index contributed by atoms with van der Waals surface area (Å²) in [7, 11) is 0. The summed E-state index contributed by atoms with van der Waals surface area (Å²) in [4.78, 5) is 12.1. The number of benzene rings is 1. The van der Waals surface area contributed by atoms with Crippen molar-refractivity contribution in [2.24, 2.45) is 11.7 Å². The highest BCUT2D eigenvalue weighted by Gasteiger charge is 2.32. The largest absolute Gasteiger partial charge is 0.573 e. The fourth-order valence-corrected chi connectivity index (χ4v) is 2.67. The molecule has 136 valence electrons. The van der Waals surface area contributed by atoms with Gasteiger partial charge in [0.05, 0.1) is 0 Å². The maximum absolute atomic E-state index is 12.4. The Morgan fingerprint density at radius 3 is 2.46 bits per heavy atom. The van der Waals surface area contributed by atoms with Gasteiger partial charge in [0.1, 0.15) is 5.75 Å². The van der Waals surface area contributed by atoms with E-state index in [9.17, 15) is 18.0 Å². The molecule has 1 unspecified atom stereocenters. The Kier molecular flexibility index (Phi) is 7.08. The SMILES string of the molecule is CC(C)CC(C)(CN)NC(=O)CCc1ccccc1OC(F)(F)F. The van der Waals surface area contributed by atoms with E-state index < -0.39 is 11.9 Å². The molecule has 0 saturated heterocycles. The Labute approximate surface area is 140 Å². The van der Waals surface area contributed by atoms with Crippen LogP contribution in [-0.4, -0.2) is 24.4 Å². The number of carbonyl (C=O) groups is 1. The summed E-state index contributed by atoms with van der Waals surface area (Å²) >= 11 is 0. The van der Waals surface area contributed by atoms with Crippen LogP contribution >= 0.6 is 0 Å². The van der Waals surface area contributed by atoms with E-state index in [1.54, 1.807) is 6.07 Å². The molecule has 1 rings (SSSR count). The van der Waals surface area contributed by atoms with Gasteiger partial charge >= 0.3 is 6.36 Å². The molecule has 0 aliphatic rings. The molecule has 0 radical (unpaired) electrons. The van der Waals surface area contributed by atoms with Crippen molar-refractivity contribution in [2.45, 2.75) is 51.9 Å². The van der Waals surface area contributed by atoms with Gasteiger partial charge in [-0.05, 0) is 37.3 Å². The minimum Gasteiger partial charge on any atom is -0.406 e. The van der Waals surface area contributed by atoms with Crippen LogP contribution in [0.3, 0.4) is 0 Å². The Balaban J connectivity index is 2.68. The van der Waals surface area contributed by atoms with Crippen LogP contribution in [0.1, 0.15) is 39.2 Å². The molecule has 0 aliphatic carbocycles. The molecule has 7 heteroatoms. The van der Waals surface area contributed by atoms with E-state index in [0.717, 1.165) is 6.42 Å². The second-order valence-corrected chi connectivity index (χ2v) is 6.57. The molecular formula is C17H25F3N2O2. The predicted molar refractivity (Wildman–Crippen MR) is 86.5 cm³/mol. The lowest BCUT2D eigenvalue weighted by molar-refractivity contribution is -0.274. The Morgan fingerprint density at radius 2 is 1.92 bits per heavy atom. The van der Waals surface area contributed by atoms with Gasteiger partial charge in [-0.3, -0.25) is 4.79 Å². The third kappa shape index (κ3) is 7.21. The van der Waals surface area contributed by atoms with E-state index >= 15 is 0 Å². The van der Waals surface area contributed by atoms with Gasteiger partial charge in [0.2, 0.25) is 5.91 Å². The van der Waals surface area contributed by atoms with E-state index in [1.165, 1.54) is 18.2 Å². The number of hydrogen-bond donors (Lipinski definition) is 2. The van der Waals surface area contributed by atoms with E-state index in [1.807, 2.05) is 20.8 Å². The van der Waals surface area contributed by atoms with Crippen LogP contribution in [0, 0.1) is 5.92 Å². The summed E-state index contributed by atoms with van der Waals surface area (Å²) in [5.74, 6) is -0.160. The number of carbonyl (C=O) groups excluding carboxylic acids is 1. The molecule has 0 fully saturated rings. The molecule has 1 aromatic carbocycles. The Morgan fingerprint density at radius 1 is 1.29 bits per heavy atom. The normalized spacial score (nSPS) is 14.3. The van der Waals surface area contributed by atoms with Crippen LogP contribution in [-0.2, 0) is 11.2 Å². The maximum atomic E-state index is 12.4. The van der Waals surface area contributed by atoms with Crippen molar-refractivity contribution in [3.05, 3.63) is 29.8 Å². The van der Waals surface area contributed by atoms with E-state index in [0.29, 0.717) is 18.0 Å². The van der Waals surface area contributed by atoms with Crippen LogP contribution in [0.25, 0.3) is 0 Å². The van der Waals surface area contributed by atoms with Gasteiger partial charge in [-0.15, -0.1) is 13.2 Å². The van der Waals surface area contributed by atoms with Crippen LogP contribution in [0.4, 0.5) is 13.2 Å². The number of alkyl halides is 3. The van der Waals surface area contributed by atoms with Crippen molar-refractivity contribution in [1.29, 1.82) is 0 Å². The fourth-order valence-electron chi connectivity index (χ4n) is 2.67. The highest BCUT2D eigenvalue weighted by atomic mass is 19.4. The third-order valence-corrected chi connectivity index (χ3v) is 3.57. The number of amides is 1. The lowest BCUT2D eigenvalue weighted by Gasteiger charge is -2.31. The molecule has 1 atom stereocenters. The Bertz CT molecular complexity index is 547. The van der Waals surface area contributed by atoms with E-state index in [4.69, 9.17) is 5.73 Å². The van der Waals surface area contributed by atoms with E-state index in [-0.39, 0.29) is 24.5 Å². The number of halogens is 3. The number of nitrogens with one attached hydrogen (secondary N) is 1. The molecule has 0 aromatic heterocycles. The summed E-state index contributed by atoms with van der Waals surface area (Å²) in [6, 6.07) is 5.83. The number of hydrogen-bond acceptors (Lipinski definition) is 3. The number of aryl methyl sites for hydroxylation is 1. The molecule has 0 heterocycles. The summed E-state index contributed by atoms with van der Waals surface area (Å²) < 4.78 is 41.2. The molecule has 1 aromatic rings. The average Bonchev–Trinajstić information content (AvgIpc) is 2.43. The number of nitrogens with two attached hydrogens (primary N) is 1. The van der Waals surface area contributed by atoms with Crippen LogP contribution in [0.5, 0.6) is 5.75 Å². The van der Waals surface area contributed by atoms with Crippen molar-refractivity contribution >= 4 is 5.91 Å². The first-order chi connectivity index (χ1) is 11.0. The van der Waals surface area contributed by atoms with Crippen molar-refractivity contribution in [1.82, 2.24) is 5.32 Å². The monoisotopic (exact) mass is 346 g/mol. The molecule has 24 heavy (non-hydrogen) atoms. The topological polar surface area (TPSA) is 64.3 Å². The first-order valence-corrected chi connectivity index (χ1v) is 7.89. The molecule has 1 amide bonds. The highest BCUT2D eigenvalue weighted by molar-refractivity contribution is 5.77. The van der Waals surface area contributed by atoms with E-state index in [2.05, 4.69) is 10.1 Å². The van der Waals surface area contributed by atoms with Gasteiger partial charge in [0.15, 0.2) is 0 Å². The van der Waals surface area contributed by atoms with Crippen molar-refractivity contribution in [2.75, 3.05) is 6.54 Å². The van der Waals surface area contributed by atoms with Crippen LogP contribution in [0.15, 0.2) is 24.3 Å². The molecule has 0 saturated carbocycles. The van der Waals surface area contributed by atoms with Crippen molar-refractivity contribution in [3.63, 3.8) is 0 Å². The van der Waals surface area contributed by atoms with Crippen molar-refractivity contribution in [3.8, 4) is 5.75 Å². The highest BCUT2D eigenvalue weighted by Crippen LogP contribution is 2.27. The van der Waals surface area contributed by atoms with Gasteiger partial charge in [-0.1, -0.05) is 32.0 Å². The summed E-state index contributed by atoms with van der Waals surface area (Å²) in [6.07, 6.45) is -3.82. The van der Waals surface area contributed by atoms with Gasteiger partial charge in [0.25, 0.3) is 0 Å². The van der Waals surface area contributed by atoms with Gasteiger partial charge in [-0.2, -0.15) is 0 Å². The smallest absolute Gasteiger partial charge is 0.406 e. The van der Waals surface area contributed by atoms with Crippen LogP contribution < -0.4 is 15.8 Å². The molecule has 4 nitrogen and oxygen atoms in total. The summed E-state index contributed by atoms with van der Waals surface area (Å²) in [5.41, 5.74) is 5.56. The van der Waals surface area contributed by atoms with Gasteiger partial charge in [-0.25, -0.2) is 0 Å². The van der Waals surface area contributed by atoms with Gasteiger partial charge in [0, 0.05) is 18.5 Å². The number of rotatable bonds is 8. The summed E-state index contributed by atoms with van der Waals surface area (Å²) in [6.45, 7) is 6.23.